The van der Waals surface area contributed by atoms with Crippen molar-refractivity contribution >= 4 is 23.8 Å². The van der Waals surface area contributed by atoms with Crippen LogP contribution in [0.2, 0.25) is 0 Å². The Hall–Kier alpha value is -4.29. The van der Waals surface area contributed by atoms with Crippen LogP contribution in [0.1, 0.15) is 32.2 Å². The fraction of sp³-hybridized carbons (Fsp3) is 0.269. The van der Waals surface area contributed by atoms with Crippen molar-refractivity contribution in [1.82, 2.24) is 9.80 Å². The van der Waals surface area contributed by atoms with E-state index in [1.165, 1.54) is 29.2 Å². The number of hydrogen-bond acceptors (Lipinski definition) is 5. The summed E-state index contributed by atoms with van der Waals surface area (Å²) in [5.41, 5.74) is 0.138. The molecule has 1 saturated heterocycles. The van der Waals surface area contributed by atoms with E-state index < -0.39 is 47.3 Å². The molecule has 0 aliphatic carbocycles. The van der Waals surface area contributed by atoms with Crippen LogP contribution in [0.25, 0.3) is 11.1 Å². The van der Waals surface area contributed by atoms with Gasteiger partial charge in [-0.15, -0.1) is 0 Å². The highest BCUT2D eigenvalue weighted by molar-refractivity contribution is 6.02. The van der Waals surface area contributed by atoms with Gasteiger partial charge in [0.05, 0.1) is 11.1 Å². The Labute approximate surface area is 218 Å². The summed E-state index contributed by atoms with van der Waals surface area (Å²) in [6.07, 6.45) is -8.89. The Balaban J connectivity index is 1.58. The van der Waals surface area contributed by atoms with Crippen LogP contribution in [0, 0.1) is 0 Å². The summed E-state index contributed by atoms with van der Waals surface area (Å²) in [5.74, 6) is -3.38. The number of halogens is 6. The zero-order chi connectivity index (χ0) is 28.5. The Morgan fingerprint density at radius 1 is 0.923 bits per heavy atom. The number of carbonyl (C=O) groups is 3. The van der Waals surface area contributed by atoms with Crippen molar-refractivity contribution in [2.75, 3.05) is 32.0 Å². The van der Waals surface area contributed by atoms with Crippen molar-refractivity contribution in [1.29, 1.82) is 0 Å². The molecule has 0 radical (unpaired) electrons. The normalized spacial score (nSPS) is 16.2. The Morgan fingerprint density at radius 3 is 2.26 bits per heavy atom. The van der Waals surface area contributed by atoms with Crippen LogP contribution in [0.3, 0.4) is 0 Å². The van der Waals surface area contributed by atoms with Crippen LogP contribution in [-0.2, 0) is 17.1 Å². The molecule has 1 aliphatic rings. The first kappa shape index (κ1) is 27.7. The number of nitrogens with zero attached hydrogens (tertiary/aromatic N) is 2. The summed E-state index contributed by atoms with van der Waals surface area (Å²) < 4.78 is 82.7. The van der Waals surface area contributed by atoms with Crippen molar-refractivity contribution in [3.63, 3.8) is 0 Å². The number of aldehydes is 1. The van der Waals surface area contributed by atoms with Gasteiger partial charge in [0.2, 0.25) is 5.76 Å². The molecule has 3 aromatic rings. The van der Waals surface area contributed by atoms with Gasteiger partial charge in [-0.05, 0) is 47.5 Å². The predicted octanol–water partition coefficient (Wildman–Crippen LogP) is 5.19. The molecule has 2 aromatic carbocycles. The van der Waals surface area contributed by atoms with Crippen molar-refractivity contribution in [2.24, 2.45) is 0 Å². The van der Waals surface area contributed by atoms with Gasteiger partial charge in [0.1, 0.15) is 12.3 Å². The topological polar surface area (TPSA) is 82.9 Å². The first-order chi connectivity index (χ1) is 18.3. The van der Waals surface area contributed by atoms with Gasteiger partial charge in [0.25, 0.3) is 11.8 Å². The Kier molecular flexibility index (Phi) is 7.44. The third-order valence-corrected chi connectivity index (χ3v) is 6.26. The number of piperazine rings is 1. The van der Waals surface area contributed by atoms with Gasteiger partial charge in [-0.1, -0.05) is 18.2 Å². The lowest BCUT2D eigenvalue weighted by molar-refractivity contribution is -0.153. The van der Waals surface area contributed by atoms with E-state index in [4.69, 9.17) is 0 Å². The van der Waals surface area contributed by atoms with Gasteiger partial charge in [-0.25, -0.2) is 0 Å². The molecule has 1 aliphatic heterocycles. The lowest BCUT2D eigenvalue weighted by Gasteiger charge is -2.39. The first-order valence-electron chi connectivity index (χ1n) is 11.6. The molecule has 1 aromatic heterocycles. The maximum absolute atomic E-state index is 13.5. The smallest absolute Gasteiger partial charge is 0.446 e. The molecule has 1 fully saturated rings. The molecular formula is C26H21F6N3O4. The van der Waals surface area contributed by atoms with Crippen molar-refractivity contribution in [3.8, 4) is 11.1 Å². The van der Waals surface area contributed by atoms with E-state index in [0.717, 1.165) is 23.1 Å². The zero-order valence-electron chi connectivity index (χ0n) is 20.3. The number of alkyl halides is 6. The fourth-order valence-corrected chi connectivity index (χ4v) is 4.27. The standard InChI is InChI=1S/C26H21F6N3O4/c1-33-20-6-5-16(15-3-2-4-17(11-15)25(27,28)29)12-19(20)23(37)35-10-9-34(13-18(35)14-36)24(38)21-7-8-22(39-21)26(30,31)32/h2-8,11-12,14,18,33H,9-10,13H2,1H3. The largest absolute Gasteiger partial charge is 0.449 e. The second kappa shape index (κ2) is 10.5. The molecular weight excluding hydrogens is 532 g/mol. The third-order valence-electron chi connectivity index (χ3n) is 6.26. The molecule has 0 bridgehead atoms. The van der Waals surface area contributed by atoms with E-state index in [0.29, 0.717) is 23.6 Å². The lowest BCUT2D eigenvalue weighted by atomic mass is 9.98. The number of hydrogen-bond donors (Lipinski definition) is 1. The van der Waals surface area contributed by atoms with E-state index in [9.17, 15) is 40.7 Å². The summed E-state index contributed by atoms with van der Waals surface area (Å²) in [7, 11) is 1.54. The number of furan rings is 1. The molecule has 1 unspecified atom stereocenters. The molecule has 7 nitrogen and oxygen atoms in total. The zero-order valence-corrected chi connectivity index (χ0v) is 20.3. The summed E-state index contributed by atoms with van der Waals surface area (Å²) in [4.78, 5) is 40.4. The number of amides is 2. The van der Waals surface area contributed by atoms with Gasteiger partial charge >= 0.3 is 12.4 Å². The van der Waals surface area contributed by atoms with Crippen molar-refractivity contribution in [2.45, 2.75) is 18.4 Å². The minimum Gasteiger partial charge on any atom is -0.446 e. The predicted molar refractivity (Wildman–Crippen MR) is 127 cm³/mol. The molecule has 0 saturated carbocycles. The molecule has 0 spiro atoms. The van der Waals surface area contributed by atoms with Crippen LogP contribution in [0.15, 0.2) is 59.0 Å². The van der Waals surface area contributed by atoms with Crippen LogP contribution < -0.4 is 5.32 Å². The highest BCUT2D eigenvalue weighted by Gasteiger charge is 2.38. The third kappa shape index (κ3) is 5.76. The average molecular weight is 553 g/mol. The highest BCUT2D eigenvalue weighted by atomic mass is 19.4. The van der Waals surface area contributed by atoms with Crippen LogP contribution in [0.5, 0.6) is 0 Å². The molecule has 1 N–H and O–H groups in total. The summed E-state index contributed by atoms with van der Waals surface area (Å²) in [5, 5.41) is 2.84. The number of nitrogens with one attached hydrogen (secondary N) is 1. The summed E-state index contributed by atoms with van der Waals surface area (Å²) in [6.45, 7) is -0.519. The Morgan fingerprint density at radius 2 is 1.64 bits per heavy atom. The Bertz CT molecular complexity index is 1400. The van der Waals surface area contributed by atoms with Crippen LogP contribution in [0.4, 0.5) is 32.0 Å². The molecule has 1 atom stereocenters. The highest BCUT2D eigenvalue weighted by Crippen LogP contribution is 2.34. The van der Waals surface area contributed by atoms with Crippen LogP contribution in [-0.4, -0.2) is 60.6 Å². The number of rotatable bonds is 5. The lowest BCUT2D eigenvalue weighted by Crippen LogP contribution is -2.57. The number of anilines is 1. The van der Waals surface area contributed by atoms with Crippen molar-refractivity contribution < 1.29 is 45.1 Å². The molecule has 39 heavy (non-hydrogen) atoms. The van der Waals surface area contributed by atoms with Crippen molar-refractivity contribution in [3.05, 3.63) is 77.2 Å². The average Bonchev–Trinajstić information content (AvgIpc) is 3.42. The monoisotopic (exact) mass is 553 g/mol. The minimum absolute atomic E-state index is 0.0832. The van der Waals surface area contributed by atoms with E-state index >= 15 is 0 Å². The van der Waals surface area contributed by atoms with Gasteiger partial charge in [-0.2, -0.15) is 26.3 Å². The molecule has 206 valence electrons. The SMILES string of the molecule is CNc1ccc(-c2cccc(C(F)(F)F)c2)cc1C(=O)N1CCN(C(=O)c2ccc(C(F)(F)F)o2)CC1C=O. The van der Waals surface area contributed by atoms with E-state index in [1.807, 2.05) is 0 Å². The summed E-state index contributed by atoms with van der Waals surface area (Å²) >= 11 is 0. The van der Waals surface area contributed by atoms with Crippen LogP contribution >= 0.6 is 0 Å². The molecule has 4 rings (SSSR count). The maximum Gasteiger partial charge on any atom is 0.449 e. The quantitative estimate of drug-likeness (QED) is 0.348. The van der Waals surface area contributed by atoms with E-state index in [1.54, 1.807) is 13.1 Å². The van der Waals surface area contributed by atoms with Gasteiger partial charge < -0.3 is 24.3 Å². The number of carbonyl (C=O) groups excluding carboxylic acids is 3. The second-order valence-electron chi connectivity index (χ2n) is 8.70. The fourth-order valence-electron chi connectivity index (χ4n) is 4.27. The van der Waals surface area contributed by atoms with Gasteiger partial charge in [0, 0.05) is 32.4 Å². The second-order valence-corrected chi connectivity index (χ2v) is 8.70. The summed E-state index contributed by atoms with van der Waals surface area (Å²) in [6, 6.07) is 9.46. The first-order valence-corrected chi connectivity index (χ1v) is 11.6. The minimum atomic E-state index is -4.78. The molecule has 2 amide bonds. The molecule has 2 heterocycles. The number of benzene rings is 2. The van der Waals surface area contributed by atoms with E-state index in [-0.39, 0.29) is 30.8 Å². The van der Waals surface area contributed by atoms with E-state index in [2.05, 4.69) is 9.73 Å². The van der Waals surface area contributed by atoms with Gasteiger partial charge in [-0.3, -0.25) is 9.59 Å². The van der Waals surface area contributed by atoms with Gasteiger partial charge in [0.15, 0.2) is 5.76 Å². The maximum atomic E-state index is 13.5. The molecule has 13 heteroatoms.